The summed E-state index contributed by atoms with van der Waals surface area (Å²) in [7, 11) is 1.78. The maximum Gasteiger partial charge on any atom is 0.0549 e. The van der Waals surface area contributed by atoms with Gasteiger partial charge in [0.05, 0.1) is 6.10 Å². The largest absolute Gasteiger partial charge is 0.382 e. The molecule has 17 heavy (non-hydrogen) atoms. The Kier molecular flexibility index (Phi) is 6.23. The Balaban J connectivity index is 2.70. The molecule has 0 fully saturated rings. The summed E-state index contributed by atoms with van der Waals surface area (Å²) < 4.78 is 5.38. The van der Waals surface area contributed by atoms with Crippen LogP contribution in [0.15, 0.2) is 24.3 Å². The molecule has 2 atom stereocenters. The molecule has 0 aromatic heterocycles. The van der Waals surface area contributed by atoms with Gasteiger partial charge < -0.3 is 10.1 Å². The van der Waals surface area contributed by atoms with Crippen LogP contribution in [0.4, 0.5) is 0 Å². The molecule has 2 nitrogen and oxygen atoms in total. The number of methoxy groups -OCH3 is 1. The Hall–Kier alpha value is -0.860. The third-order valence-electron chi connectivity index (χ3n) is 3.21. The fraction of sp³-hybridized carbons (Fsp3) is 0.600. The van der Waals surface area contributed by atoms with Gasteiger partial charge in [0, 0.05) is 13.7 Å². The molecule has 0 radical (unpaired) electrons. The van der Waals surface area contributed by atoms with E-state index in [1.54, 1.807) is 7.11 Å². The first-order chi connectivity index (χ1) is 8.17. The van der Waals surface area contributed by atoms with Crippen molar-refractivity contribution in [3.8, 4) is 0 Å². The minimum Gasteiger partial charge on any atom is -0.382 e. The van der Waals surface area contributed by atoms with Gasteiger partial charge >= 0.3 is 0 Å². The molecule has 0 aliphatic rings. The van der Waals surface area contributed by atoms with E-state index in [1.807, 2.05) is 0 Å². The number of ether oxygens (including phenoxy) is 1. The van der Waals surface area contributed by atoms with Crippen LogP contribution in [0.5, 0.6) is 0 Å². The van der Waals surface area contributed by atoms with Gasteiger partial charge in [-0.2, -0.15) is 0 Å². The van der Waals surface area contributed by atoms with E-state index in [-0.39, 0.29) is 0 Å². The molecule has 1 aromatic carbocycles. The maximum atomic E-state index is 5.38. The van der Waals surface area contributed by atoms with Gasteiger partial charge in [-0.3, -0.25) is 0 Å². The van der Waals surface area contributed by atoms with Crippen LogP contribution in [0.25, 0.3) is 0 Å². The Morgan fingerprint density at radius 1 is 1.24 bits per heavy atom. The minimum atomic E-state index is 0.306. The average Bonchev–Trinajstić information content (AvgIpc) is 2.35. The van der Waals surface area contributed by atoms with Gasteiger partial charge in [-0.05, 0) is 38.3 Å². The van der Waals surface area contributed by atoms with Gasteiger partial charge in [0.15, 0.2) is 0 Å². The zero-order chi connectivity index (χ0) is 12.7. The molecule has 0 amide bonds. The summed E-state index contributed by atoms with van der Waals surface area (Å²) in [6, 6.07) is 8.84. The molecule has 0 aliphatic heterocycles. The van der Waals surface area contributed by atoms with Crippen LogP contribution in [0.2, 0.25) is 0 Å². The van der Waals surface area contributed by atoms with Gasteiger partial charge in [-0.25, -0.2) is 0 Å². The first-order valence-electron chi connectivity index (χ1n) is 6.47. The van der Waals surface area contributed by atoms with E-state index in [1.165, 1.54) is 11.1 Å². The standard InChI is InChI=1S/C15H25NO/c1-5-16-11-15(10-13(3)17-4)14-8-6-12(2)7-9-14/h6-9,13,15-16H,5,10-11H2,1-4H3. The number of hydrogen-bond donors (Lipinski definition) is 1. The predicted octanol–water partition coefficient (Wildman–Crippen LogP) is 3.11. The van der Waals surface area contributed by atoms with E-state index >= 15 is 0 Å². The Morgan fingerprint density at radius 2 is 1.88 bits per heavy atom. The summed E-state index contributed by atoms with van der Waals surface area (Å²) in [5, 5.41) is 3.44. The van der Waals surface area contributed by atoms with Crippen LogP contribution in [0.3, 0.4) is 0 Å². The molecule has 0 spiro atoms. The van der Waals surface area contributed by atoms with Crippen molar-refractivity contribution in [1.82, 2.24) is 5.32 Å². The topological polar surface area (TPSA) is 21.3 Å². The van der Waals surface area contributed by atoms with Crippen LogP contribution >= 0.6 is 0 Å². The molecular formula is C15H25NO. The normalized spacial score (nSPS) is 14.6. The number of benzene rings is 1. The number of nitrogens with one attached hydrogen (secondary N) is 1. The van der Waals surface area contributed by atoms with Gasteiger partial charge in [0.1, 0.15) is 0 Å². The Labute approximate surface area is 105 Å². The van der Waals surface area contributed by atoms with Crippen LogP contribution < -0.4 is 5.32 Å². The van der Waals surface area contributed by atoms with Crippen molar-refractivity contribution in [3.63, 3.8) is 0 Å². The van der Waals surface area contributed by atoms with Crippen LogP contribution in [0.1, 0.15) is 37.3 Å². The molecule has 2 unspecified atom stereocenters. The Bertz CT molecular complexity index is 307. The lowest BCUT2D eigenvalue weighted by atomic mass is 9.92. The molecule has 2 heteroatoms. The molecule has 0 heterocycles. The maximum absolute atomic E-state index is 5.38. The highest BCUT2D eigenvalue weighted by atomic mass is 16.5. The monoisotopic (exact) mass is 235 g/mol. The smallest absolute Gasteiger partial charge is 0.0549 e. The molecule has 96 valence electrons. The number of hydrogen-bond acceptors (Lipinski definition) is 2. The summed E-state index contributed by atoms with van der Waals surface area (Å²) in [5.41, 5.74) is 2.72. The lowest BCUT2D eigenvalue weighted by Gasteiger charge is -2.21. The minimum absolute atomic E-state index is 0.306. The molecule has 1 aromatic rings. The fourth-order valence-corrected chi connectivity index (χ4v) is 1.99. The molecule has 0 saturated heterocycles. The quantitative estimate of drug-likeness (QED) is 0.784. The molecule has 0 bridgehead atoms. The van der Waals surface area contributed by atoms with Crippen molar-refractivity contribution in [1.29, 1.82) is 0 Å². The summed E-state index contributed by atoms with van der Waals surface area (Å²) in [4.78, 5) is 0. The fourth-order valence-electron chi connectivity index (χ4n) is 1.99. The average molecular weight is 235 g/mol. The van der Waals surface area contributed by atoms with Gasteiger partial charge in [-0.15, -0.1) is 0 Å². The second-order valence-electron chi connectivity index (χ2n) is 4.70. The Morgan fingerprint density at radius 3 is 2.41 bits per heavy atom. The molecular weight excluding hydrogens is 210 g/mol. The lowest BCUT2D eigenvalue weighted by Crippen LogP contribution is -2.24. The SMILES string of the molecule is CCNCC(CC(C)OC)c1ccc(C)cc1. The van der Waals surface area contributed by atoms with E-state index in [2.05, 4.69) is 50.4 Å². The third kappa shape index (κ3) is 4.88. The second kappa shape index (κ2) is 7.46. The van der Waals surface area contributed by atoms with E-state index < -0.39 is 0 Å². The van der Waals surface area contributed by atoms with Gasteiger partial charge in [-0.1, -0.05) is 36.8 Å². The van der Waals surface area contributed by atoms with Crippen LogP contribution in [-0.2, 0) is 4.74 Å². The van der Waals surface area contributed by atoms with E-state index in [4.69, 9.17) is 4.74 Å². The van der Waals surface area contributed by atoms with Gasteiger partial charge in [0.2, 0.25) is 0 Å². The summed E-state index contributed by atoms with van der Waals surface area (Å²) >= 11 is 0. The molecule has 0 aliphatic carbocycles. The second-order valence-corrected chi connectivity index (χ2v) is 4.70. The molecule has 1 rings (SSSR count). The summed E-state index contributed by atoms with van der Waals surface area (Å²) in [6.07, 6.45) is 1.37. The zero-order valence-corrected chi connectivity index (χ0v) is 11.5. The third-order valence-corrected chi connectivity index (χ3v) is 3.21. The molecule has 0 saturated carbocycles. The van der Waals surface area contributed by atoms with Crippen molar-refractivity contribution in [2.75, 3.05) is 20.2 Å². The van der Waals surface area contributed by atoms with Gasteiger partial charge in [0.25, 0.3) is 0 Å². The lowest BCUT2D eigenvalue weighted by molar-refractivity contribution is 0.104. The van der Waals surface area contributed by atoms with Crippen molar-refractivity contribution in [3.05, 3.63) is 35.4 Å². The van der Waals surface area contributed by atoms with Crippen molar-refractivity contribution < 1.29 is 4.74 Å². The zero-order valence-electron chi connectivity index (χ0n) is 11.5. The highest BCUT2D eigenvalue weighted by Gasteiger charge is 2.14. The van der Waals surface area contributed by atoms with E-state index in [9.17, 15) is 0 Å². The van der Waals surface area contributed by atoms with Crippen molar-refractivity contribution >= 4 is 0 Å². The first-order valence-corrected chi connectivity index (χ1v) is 6.47. The predicted molar refractivity (Wildman–Crippen MR) is 73.6 cm³/mol. The number of aryl methyl sites for hydroxylation is 1. The van der Waals surface area contributed by atoms with Crippen LogP contribution in [0, 0.1) is 6.92 Å². The van der Waals surface area contributed by atoms with E-state index in [0.717, 1.165) is 19.5 Å². The van der Waals surface area contributed by atoms with Crippen molar-refractivity contribution in [2.24, 2.45) is 0 Å². The highest BCUT2D eigenvalue weighted by Crippen LogP contribution is 2.22. The summed E-state index contributed by atoms with van der Waals surface area (Å²) in [6.45, 7) is 8.44. The number of likely N-dealkylation sites (N-methyl/N-ethyl adjacent to an activating group) is 1. The molecule has 1 N–H and O–H groups in total. The highest BCUT2D eigenvalue weighted by molar-refractivity contribution is 5.25. The van der Waals surface area contributed by atoms with Crippen LogP contribution in [-0.4, -0.2) is 26.3 Å². The van der Waals surface area contributed by atoms with E-state index in [0.29, 0.717) is 12.0 Å². The first kappa shape index (κ1) is 14.2. The summed E-state index contributed by atoms with van der Waals surface area (Å²) in [5.74, 6) is 0.533. The number of rotatable bonds is 7. The van der Waals surface area contributed by atoms with Crippen molar-refractivity contribution in [2.45, 2.75) is 39.2 Å².